The molecule has 1 atom stereocenters. The molecule has 1 unspecified atom stereocenters. The molecule has 4 N–H and O–H groups in total. The number of rotatable bonds is 7. The minimum Gasteiger partial charge on any atom is -0.354 e. The van der Waals surface area contributed by atoms with Crippen LogP contribution >= 0.6 is 0 Å². The molecule has 0 saturated carbocycles. The lowest BCUT2D eigenvalue weighted by molar-refractivity contribution is -0.120. The molecule has 0 spiro atoms. The van der Waals surface area contributed by atoms with Gasteiger partial charge in [-0.15, -0.1) is 0 Å². The second-order valence-corrected chi connectivity index (χ2v) is 4.90. The van der Waals surface area contributed by atoms with Gasteiger partial charge in [0.15, 0.2) is 11.0 Å². The van der Waals surface area contributed by atoms with Crippen LogP contribution in [0.25, 0.3) is 0 Å². The Morgan fingerprint density at radius 3 is 2.38 bits per heavy atom. The van der Waals surface area contributed by atoms with Crippen LogP contribution in [0, 0.1) is 0 Å². The number of amides is 1. The van der Waals surface area contributed by atoms with Gasteiger partial charge in [-0.2, -0.15) is 8.42 Å². The Morgan fingerprint density at radius 1 is 1.44 bits per heavy atom. The molecule has 0 aromatic carbocycles. The maximum absolute atomic E-state index is 11.4. The summed E-state index contributed by atoms with van der Waals surface area (Å²) >= 11 is 0. The zero-order valence-corrected chi connectivity index (χ0v) is 9.79. The van der Waals surface area contributed by atoms with Crippen molar-refractivity contribution in [3.8, 4) is 0 Å². The molecular formula is C8H16N2O5S. The number of nitrogens with two attached hydrogens (primary N) is 1. The van der Waals surface area contributed by atoms with E-state index in [9.17, 15) is 18.0 Å². The first-order valence-corrected chi connectivity index (χ1v) is 6.23. The molecule has 0 heterocycles. The monoisotopic (exact) mass is 252 g/mol. The molecule has 94 valence electrons. The molecule has 0 bridgehead atoms. The van der Waals surface area contributed by atoms with Crippen molar-refractivity contribution in [1.82, 2.24) is 5.32 Å². The lowest BCUT2D eigenvalue weighted by Crippen LogP contribution is -2.41. The van der Waals surface area contributed by atoms with Gasteiger partial charge in [0.05, 0.1) is 0 Å². The van der Waals surface area contributed by atoms with Crippen LogP contribution in [0.1, 0.15) is 19.8 Å². The predicted molar refractivity (Wildman–Crippen MR) is 57.3 cm³/mol. The molecule has 0 aromatic heterocycles. The van der Waals surface area contributed by atoms with Crippen molar-refractivity contribution < 1.29 is 22.6 Å². The molecule has 0 saturated heterocycles. The highest BCUT2D eigenvalue weighted by Crippen LogP contribution is 2.04. The van der Waals surface area contributed by atoms with Gasteiger partial charge in [-0.05, 0) is 13.0 Å². The van der Waals surface area contributed by atoms with Crippen LogP contribution in [0.2, 0.25) is 0 Å². The number of carbonyl (C=O) groups is 2. The SMILES string of the molecule is CC(=O)NCC(C(=O)CCCN)S(=O)(=O)O. The Morgan fingerprint density at radius 2 is 2.00 bits per heavy atom. The summed E-state index contributed by atoms with van der Waals surface area (Å²) in [6, 6.07) is 0. The number of nitrogens with one attached hydrogen (secondary N) is 1. The van der Waals surface area contributed by atoms with Crippen LogP contribution in [0.15, 0.2) is 0 Å². The molecule has 8 heteroatoms. The van der Waals surface area contributed by atoms with Gasteiger partial charge >= 0.3 is 0 Å². The van der Waals surface area contributed by atoms with E-state index in [-0.39, 0.29) is 13.0 Å². The highest BCUT2D eigenvalue weighted by molar-refractivity contribution is 7.87. The van der Waals surface area contributed by atoms with E-state index in [0.29, 0.717) is 6.42 Å². The summed E-state index contributed by atoms with van der Waals surface area (Å²) < 4.78 is 30.6. The van der Waals surface area contributed by atoms with Crippen molar-refractivity contribution >= 4 is 21.8 Å². The molecule has 0 aliphatic rings. The highest BCUT2D eigenvalue weighted by atomic mass is 32.2. The number of carbonyl (C=O) groups excluding carboxylic acids is 2. The molecule has 0 rings (SSSR count). The van der Waals surface area contributed by atoms with Gasteiger partial charge in [0, 0.05) is 19.9 Å². The molecule has 0 aliphatic carbocycles. The van der Waals surface area contributed by atoms with Gasteiger partial charge in [0.25, 0.3) is 10.1 Å². The van der Waals surface area contributed by atoms with Gasteiger partial charge in [0.1, 0.15) is 0 Å². The number of ketones is 1. The zero-order chi connectivity index (χ0) is 12.8. The zero-order valence-electron chi connectivity index (χ0n) is 8.97. The van der Waals surface area contributed by atoms with E-state index in [0.717, 1.165) is 0 Å². The molecule has 1 amide bonds. The van der Waals surface area contributed by atoms with E-state index in [4.69, 9.17) is 10.3 Å². The third-order valence-electron chi connectivity index (χ3n) is 1.88. The quantitative estimate of drug-likeness (QED) is 0.483. The lowest BCUT2D eigenvalue weighted by Gasteiger charge is -2.12. The summed E-state index contributed by atoms with van der Waals surface area (Å²) in [7, 11) is -4.50. The minimum absolute atomic E-state index is 0.0411. The van der Waals surface area contributed by atoms with Crippen molar-refractivity contribution in [2.24, 2.45) is 5.73 Å². The van der Waals surface area contributed by atoms with Crippen LogP contribution in [0.5, 0.6) is 0 Å². The Hall–Kier alpha value is -0.990. The highest BCUT2D eigenvalue weighted by Gasteiger charge is 2.30. The summed E-state index contributed by atoms with van der Waals surface area (Å²) in [5.41, 5.74) is 5.17. The normalized spacial score (nSPS) is 13.2. The number of hydrogen-bond acceptors (Lipinski definition) is 5. The lowest BCUT2D eigenvalue weighted by atomic mass is 10.1. The van der Waals surface area contributed by atoms with Crippen LogP contribution in [0.4, 0.5) is 0 Å². The van der Waals surface area contributed by atoms with Crippen molar-refractivity contribution in [1.29, 1.82) is 0 Å². The Labute approximate surface area is 94.1 Å². The van der Waals surface area contributed by atoms with E-state index < -0.39 is 33.6 Å². The fourth-order valence-corrected chi connectivity index (χ4v) is 1.80. The summed E-state index contributed by atoms with van der Waals surface area (Å²) in [6.45, 7) is 1.02. The number of hydrogen-bond donors (Lipinski definition) is 3. The predicted octanol–water partition coefficient (Wildman–Crippen LogP) is -1.31. The van der Waals surface area contributed by atoms with Crippen LogP contribution in [-0.2, 0) is 19.7 Å². The maximum Gasteiger partial charge on any atom is 0.276 e. The molecule has 0 aromatic rings. The van der Waals surface area contributed by atoms with Gasteiger partial charge in [-0.1, -0.05) is 0 Å². The Bertz CT molecular complexity index is 351. The Kier molecular flexibility index (Phi) is 6.16. The second-order valence-electron chi connectivity index (χ2n) is 3.30. The van der Waals surface area contributed by atoms with E-state index >= 15 is 0 Å². The van der Waals surface area contributed by atoms with Crippen LogP contribution in [0.3, 0.4) is 0 Å². The summed E-state index contributed by atoms with van der Waals surface area (Å²) in [4.78, 5) is 22.0. The van der Waals surface area contributed by atoms with E-state index in [1.807, 2.05) is 0 Å². The summed E-state index contributed by atoms with van der Waals surface area (Å²) in [6.07, 6.45) is 0.297. The number of Topliss-reactive ketones (excluding diaryl/α,β-unsaturated/α-hetero) is 1. The van der Waals surface area contributed by atoms with E-state index in [2.05, 4.69) is 5.32 Å². The van der Waals surface area contributed by atoms with Crippen molar-refractivity contribution in [2.45, 2.75) is 25.0 Å². The molecular weight excluding hydrogens is 236 g/mol. The largest absolute Gasteiger partial charge is 0.354 e. The molecule has 7 nitrogen and oxygen atoms in total. The first-order valence-electron chi connectivity index (χ1n) is 4.72. The van der Waals surface area contributed by atoms with E-state index in [1.54, 1.807) is 0 Å². The average molecular weight is 252 g/mol. The molecule has 16 heavy (non-hydrogen) atoms. The van der Waals surface area contributed by atoms with Gasteiger partial charge in [0.2, 0.25) is 5.91 Å². The molecule has 0 radical (unpaired) electrons. The van der Waals surface area contributed by atoms with Gasteiger partial charge in [-0.3, -0.25) is 14.1 Å². The fraction of sp³-hybridized carbons (Fsp3) is 0.750. The minimum atomic E-state index is -4.50. The van der Waals surface area contributed by atoms with Crippen LogP contribution < -0.4 is 11.1 Å². The summed E-state index contributed by atoms with van der Waals surface area (Å²) in [5.74, 6) is -1.12. The molecule has 0 fully saturated rings. The maximum atomic E-state index is 11.4. The van der Waals surface area contributed by atoms with Crippen molar-refractivity contribution in [3.63, 3.8) is 0 Å². The van der Waals surface area contributed by atoms with Gasteiger partial charge < -0.3 is 11.1 Å². The van der Waals surface area contributed by atoms with Crippen molar-refractivity contribution in [3.05, 3.63) is 0 Å². The Balaban J connectivity index is 4.55. The standard InChI is InChI=1S/C8H16N2O5S/c1-6(11)10-5-8(16(13,14)15)7(12)3-2-4-9/h8H,2-5,9H2,1H3,(H,10,11)(H,13,14,15). The topological polar surface area (TPSA) is 127 Å². The fourth-order valence-electron chi connectivity index (χ4n) is 1.06. The van der Waals surface area contributed by atoms with Crippen LogP contribution in [-0.4, -0.2) is 43.0 Å². The smallest absolute Gasteiger partial charge is 0.276 e. The van der Waals surface area contributed by atoms with Crippen molar-refractivity contribution in [2.75, 3.05) is 13.1 Å². The van der Waals surface area contributed by atoms with Gasteiger partial charge in [-0.25, -0.2) is 0 Å². The third-order valence-corrected chi connectivity index (χ3v) is 3.03. The third kappa shape index (κ3) is 5.79. The second kappa shape index (κ2) is 6.56. The van der Waals surface area contributed by atoms with E-state index in [1.165, 1.54) is 6.92 Å². The first-order chi connectivity index (χ1) is 7.29. The summed E-state index contributed by atoms with van der Waals surface area (Å²) in [5, 5.41) is 0.571. The molecule has 0 aliphatic heterocycles. The average Bonchev–Trinajstić information content (AvgIpc) is 2.12. The first kappa shape index (κ1) is 15.0.